The molecular formula is C11H13Cl2NO5S. The van der Waals surface area contributed by atoms with Gasteiger partial charge in [-0.1, -0.05) is 29.3 Å². The van der Waals surface area contributed by atoms with Gasteiger partial charge in [-0.15, -0.1) is 0 Å². The fraction of sp³-hybridized carbons (Fsp3) is 0.455. The molecule has 1 aliphatic heterocycles. The number of ether oxygens (including phenoxy) is 2. The van der Waals surface area contributed by atoms with Crippen LogP contribution in [-0.4, -0.2) is 28.0 Å². The summed E-state index contributed by atoms with van der Waals surface area (Å²) in [5.41, 5.74) is 0.462. The summed E-state index contributed by atoms with van der Waals surface area (Å²) in [5, 5.41) is 0.726. The van der Waals surface area contributed by atoms with E-state index < -0.39 is 28.9 Å². The molecule has 1 aromatic carbocycles. The Hall–Kier alpha value is -0.410. The molecule has 1 unspecified atom stereocenters. The first kappa shape index (κ1) is 16.0. The second-order valence-electron chi connectivity index (χ2n) is 4.05. The van der Waals surface area contributed by atoms with Crippen molar-refractivity contribution in [3.05, 3.63) is 33.8 Å². The lowest BCUT2D eigenvalue weighted by Crippen LogP contribution is -2.38. The molecule has 0 saturated carbocycles. The second kappa shape index (κ2) is 6.15. The van der Waals surface area contributed by atoms with Gasteiger partial charge in [-0.05, 0) is 19.1 Å². The Labute approximate surface area is 127 Å². The highest BCUT2D eigenvalue weighted by Gasteiger charge is 2.39. The topological polar surface area (TPSA) is 73.9 Å². The minimum Gasteiger partial charge on any atom is -0.341 e. The van der Waals surface area contributed by atoms with Crippen LogP contribution in [0.25, 0.3) is 0 Å². The van der Waals surface area contributed by atoms with Crippen molar-refractivity contribution < 1.29 is 22.1 Å². The summed E-state index contributed by atoms with van der Waals surface area (Å²) in [5.74, 6) is 0. The molecule has 0 bridgehead atoms. The van der Waals surface area contributed by atoms with E-state index in [1.165, 1.54) is 0 Å². The molecule has 1 N–H and O–H groups in total. The van der Waals surface area contributed by atoms with Crippen molar-refractivity contribution in [1.82, 2.24) is 4.72 Å². The van der Waals surface area contributed by atoms with Crippen molar-refractivity contribution >= 4 is 33.5 Å². The summed E-state index contributed by atoms with van der Waals surface area (Å²) in [7, 11) is -2.89. The molecule has 0 aliphatic carbocycles. The molecule has 1 saturated heterocycles. The molecular weight excluding hydrogens is 329 g/mol. The van der Waals surface area contributed by atoms with E-state index in [9.17, 15) is 8.42 Å². The van der Waals surface area contributed by atoms with Gasteiger partial charge in [0.2, 0.25) is 0 Å². The molecule has 3 atom stereocenters. The van der Waals surface area contributed by atoms with Crippen molar-refractivity contribution in [3.8, 4) is 0 Å². The SMILES string of the molecule is COS(=O)(=O)N[C@H]1OC(C)O[C@H]1c1c(Cl)cccc1Cl. The molecule has 112 valence electrons. The predicted octanol–water partition coefficient (Wildman–Crippen LogP) is 2.23. The van der Waals surface area contributed by atoms with Gasteiger partial charge in [0.25, 0.3) is 0 Å². The Balaban J connectivity index is 2.34. The van der Waals surface area contributed by atoms with Crippen molar-refractivity contribution in [2.45, 2.75) is 25.5 Å². The Bertz CT molecular complexity index is 574. The number of halogens is 2. The lowest BCUT2D eigenvalue weighted by molar-refractivity contribution is -0.0523. The standard InChI is InChI=1S/C11H13Cl2NO5S/c1-6-18-10(9-7(12)4-3-5-8(9)13)11(19-6)14-20(15,16)17-2/h3-6,10-11,14H,1-2H3/t6?,10-,11-/m0/s1. The molecule has 6 nitrogen and oxygen atoms in total. The smallest absolute Gasteiger partial charge is 0.337 e. The van der Waals surface area contributed by atoms with Crippen LogP contribution in [0.4, 0.5) is 0 Å². The number of nitrogens with one attached hydrogen (secondary N) is 1. The lowest BCUT2D eigenvalue weighted by Gasteiger charge is -2.19. The zero-order chi connectivity index (χ0) is 14.9. The van der Waals surface area contributed by atoms with Crippen LogP contribution in [0, 0.1) is 0 Å². The number of hydrogen-bond donors (Lipinski definition) is 1. The molecule has 0 radical (unpaired) electrons. The van der Waals surface area contributed by atoms with E-state index in [1.54, 1.807) is 25.1 Å². The van der Waals surface area contributed by atoms with Gasteiger partial charge in [-0.3, -0.25) is 4.18 Å². The molecule has 1 heterocycles. The van der Waals surface area contributed by atoms with Gasteiger partial charge in [-0.2, -0.15) is 13.1 Å². The van der Waals surface area contributed by atoms with Gasteiger partial charge >= 0.3 is 10.3 Å². The van der Waals surface area contributed by atoms with Crippen LogP contribution in [0.5, 0.6) is 0 Å². The van der Waals surface area contributed by atoms with Crippen molar-refractivity contribution in [2.24, 2.45) is 0 Å². The van der Waals surface area contributed by atoms with E-state index in [-0.39, 0.29) is 0 Å². The minimum absolute atomic E-state index is 0.363. The van der Waals surface area contributed by atoms with Crippen LogP contribution in [0.2, 0.25) is 10.0 Å². The average Bonchev–Trinajstić information content (AvgIpc) is 2.69. The minimum atomic E-state index is -3.93. The number of benzene rings is 1. The van der Waals surface area contributed by atoms with Crippen molar-refractivity contribution in [1.29, 1.82) is 0 Å². The maximum absolute atomic E-state index is 11.5. The molecule has 0 amide bonds. The normalized spacial score (nSPS) is 26.9. The highest BCUT2D eigenvalue weighted by molar-refractivity contribution is 7.84. The zero-order valence-electron chi connectivity index (χ0n) is 10.7. The van der Waals surface area contributed by atoms with E-state index in [2.05, 4.69) is 8.91 Å². The summed E-state index contributed by atoms with van der Waals surface area (Å²) in [4.78, 5) is 0. The van der Waals surface area contributed by atoms with Crippen LogP contribution in [0.1, 0.15) is 18.6 Å². The highest BCUT2D eigenvalue weighted by Crippen LogP contribution is 2.39. The number of rotatable bonds is 4. The van der Waals surface area contributed by atoms with Crippen molar-refractivity contribution in [2.75, 3.05) is 7.11 Å². The lowest BCUT2D eigenvalue weighted by atomic mass is 10.1. The third-order valence-electron chi connectivity index (χ3n) is 2.72. The second-order valence-corrected chi connectivity index (χ2v) is 6.35. The monoisotopic (exact) mass is 341 g/mol. The fourth-order valence-electron chi connectivity index (χ4n) is 1.87. The Morgan fingerprint density at radius 2 is 1.85 bits per heavy atom. The Morgan fingerprint density at radius 1 is 1.25 bits per heavy atom. The Morgan fingerprint density at radius 3 is 2.40 bits per heavy atom. The van der Waals surface area contributed by atoms with Gasteiger partial charge in [0, 0.05) is 15.6 Å². The molecule has 2 rings (SSSR count). The highest BCUT2D eigenvalue weighted by atomic mass is 35.5. The van der Waals surface area contributed by atoms with Gasteiger partial charge in [0.05, 0.1) is 7.11 Å². The van der Waals surface area contributed by atoms with Crippen LogP contribution in [0.15, 0.2) is 18.2 Å². The van der Waals surface area contributed by atoms with Gasteiger partial charge in [0.15, 0.2) is 12.5 Å². The summed E-state index contributed by atoms with van der Waals surface area (Å²) in [6.07, 6.45) is -2.36. The molecule has 1 aromatic rings. The number of hydrogen-bond acceptors (Lipinski definition) is 5. The molecule has 20 heavy (non-hydrogen) atoms. The molecule has 9 heteroatoms. The first-order valence-electron chi connectivity index (χ1n) is 5.67. The fourth-order valence-corrected chi connectivity index (χ4v) is 3.04. The maximum atomic E-state index is 11.5. The third-order valence-corrected chi connectivity index (χ3v) is 4.33. The largest absolute Gasteiger partial charge is 0.341 e. The first-order chi connectivity index (χ1) is 9.34. The van der Waals surface area contributed by atoms with Crippen LogP contribution in [-0.2, 0) is 24.0 Å². The summed E-state index contributed by atoms with van der Waals surface area (Å²) >= 11 is 12.2. The predicted molar refractivity (Wildman–Crippen MR) is 73.7 cm³/mol. The molecule has 0 aromatic heterocycles. The van der Waals surface area contributed by atoms with E-state index in [1.807, 2.05) is 0 Å². The van der Waals surface area contributed by atoms with Crippen LogP contribution in [0.3, 0.4) is 0 Å². The molecule has 1 aliphatic rings. The van der Waals surface area contributed by atoms with E-state index in [0.717, 1.165) is 7.11 Å². The summed E-state index contributed by atoms with van der Waals surface area (Å²) < 4.78 is 40.4. The average molecular weight is 342 g/mol. The van der Waals surface area contributed by atoms with E-state index >= 15 is 0 Å². The van der Waals surface area contributed by atoms with Crippen LogP contribution >= 0.6 is 23.2 Å². The third kappa shape index (κ3) is 3.43. The first-order valence-corrected chi connectivity index (χ1v) is 7.83. The van der Waals surface area contributed by atoms with Crippen LogP contribution < -0.4 is 4.72 Å². The van der Waals surface area contributed by atoms with Crippen molar-refractivity contribution in [3.63, 3.8) is 0 Å². The molecule has 0 spiro atoms. The van der Waals surface area contributed by atoms with Gasteiger partial charge in [0.1, 0.15) is 6.10 Å². The summed E-state index contributed by atoms with van der Waals surface area (Å²) in [6, 6.07) is 4.95. The summed E-state index contributed by atoms with van der Waals surface area (Å²) in [6.45, 7) is 1.64. The zero-order valence-corrected chi connectivity index (χ0v) is 13.0. The maximum Gasteiger partial charge on any atom is 0.337 e. The van der Waals surface area contributed by atoms with E-state index in [0.29, 0.717) is 15.6 Å². The van der Waals surface area contributed by atoms with Gasteiger partial charge < -0.3 is 9.47 Å². The quantitative estimate of drug-likeness (QED) is 0.908. The Kier molecular flexibility index (Phi) is 4.91. The van der Waals surface area contributed by atoms with Gasteiger partial charge in [-0.25, -0.2) is 0 Å². The van der Waals surface area contributed by atoms with E-state index in [4.69, 9.17) is 32.7 Å². The molecule has 1 fully saturated rings.